The van der Waals surface area contributed by atoms with Crippen LogP contribution in [0, 0.1) is 5.41 Å². The van der Waals surface area contributed by atoms with Crippen molar-refractivity contribution in [1.29, 1.82) is 0 Å². The number of nitrogens with zero attached hydrogens (tertiary/aromatic N) is 2. The quantitative estimate of drug-likeness (QED) is 0.469. The minimum atomic E-state index is -1.16. The third-order valence-electron chi connectivity index (χ3n) is 7.42. The van der Waals surface area contributed by atoms with Crippen molar-refractivity contribution >= 4 is 5.97 Å². The number of rotatable bonds is 8. The monoisotopic (exact) mass is 472 g/mol. The standard InChI is InChI=1S/C30H36N2O3/c1-21(2)23-12-14-25(15-13-23)30(34,29(3)19-32(4)20-29)26-16-22(17-31-18-26)10-11-24-8-6-7-9-27(24)28(33)35-5/h6-9,12-18,21,34H,10-11,19-20H2,1-5H3. The van der Waals surface area contributed by atoms with E-state index in [-0.39, 0.29) is 11.4 Å². The molecular weight excluding hydrogens is 436 g/mol. The van der Waals surface area contributed by atoms with Crippen LogP contribution < -0.4 is 0 Å². The Balaban J connectivity index is 1.67. The fraction of sp³-hybridized carbons (Fsp3) is 0.400. The first-order chi connectivity index (χ1) is 16.7. The maximum absolute atomic E-state index is 12.4. The Morgan fingerprint density at radius 3 is 2.40 bits per heavy atom. The van der Waals surface area contributed by atoms with Crippen LogP contribution in [0.4, 0.5) is 0 Å². The van der Waals surface area contributed by atoms with Crippen molar-refractivity contribution in [2.75, 3.05) is 27.2 Å². The van der Waals surface area contributed by atoms with Crippen molar-refractivity contribution < 1.29 is 14.6 Å². The van der Waals surface area contributed by atoms with E-state index in [0.29, 0.717) is 24.3 Å². The molecule has 2 heterocycles. The number of aromatic nitrogens is 1. The molecule has 0 radical (unpaired) electrons. The van der Waals surface area contributed by atoms with Crippen LogP contribution in [0.15, 0.2) is 67.0 Å². The molecule has 2 aromatic carbocycles. The molecule has 1 fully saturated rings. The number of methoxy groups -OCH3 is 1. The lowest BCUT2D eigenvalue weighted by molar-refractivity contribution is -0.127. The fourth-order valence-corrected chi connectivity index (χ4v) is 5.50. The molecule has 0 spiro atoms. The molecule has 1 saturated heterocycles. The highest BCUT2D eigenvalue weighted by atomic mass is 16.5. The van der Waals surface area contributed by atoms with Crippen LogP contribution in [0.1, 0.15) is 64.9 Å². The normalized spacial score (nSPS) is 17.0. The van der Waals surface area contributed by atoms with Crippen LogP contribution in [0.25, 0.3) is 0 Å². The molecule has 3 aromatic rings. The second-order valence-corrected chi connectivity index (χ2v) is 10.5. The summed E-state index contributed by atoms with van der Waals surface area (Å²) in [5, 5.41) is 12.4. The Morgan fingerprint density at radius 2 is 1.77 bits per heavy atom. The van der Waals surface area contributed by atoms with E-state index in [0.717, 1.165) is 35.3 Å². The summed E-state index contributed by atoms with van der Waals surface area (Å²) < 4.78 is 4.94. The number of hydrogen-bond donors (Lipinski definition) is 1. The Morgan fingerprint density at radius 1 is 1.09 bits per heavy atom. The molecule has 5 heteroatoms. The van der Waals surface area contributed by atoms with Gasteiger partial charge in [0.15, 0.2) is 0 Å². The third-order valence-corrected chi connectivity index (χ3v) is 7.42. The summed E-state index contributed by atoms with van der Waals surface area (Å²) in [6.45, 7) is 8.10. The Bertz CT molecular complexity index is 1180. The minimum absolute atomic E-state index is 0.325. The molecule has 0 saturated carbocycles. The fourth-order valence-electron chi connectivity index (χ4n) is 5.50. The molecule has 0 amide bonds. The lowest BCUT2D eigenvalue weighted by Gasteiger charge is -2.56. The van der Waals surface area contributed by atoms with E-state index in [2.05, 4.69) is 68.0 Å². The van der Waals surface area contributed by atoms with Crippen LogP contribution in [0.5, 0.6) is 0 Å². The van der Waals surface area contributed by atoms with Crippen molar-refractivity contribution in [3.8, 4) is 0 Å². The summed E-state index contributed by atoms with van der Waals surface area (Å²) in [6.07, 6.45) is 5.03. The minimum Gasteiger partial charge on any atom is -0.465 e. The first-order valence-corrected chi connectivity index (χ1v) is 12.3. The summed E-state index contributed by atoms with van der Waals surface area (Å²) in [4.78, 5) is 18.9. The number of carbonyl (C=O) groups excluding carboxylic acids is 1. The van der Waals surface area contributed by atoms with Gasteiger partial charge >= 0.3 is 5.97 Å². The SMILES string of the molecule is COC(=O)c1ccccc1CCc1cncc(C(O)(c2ccc(C(C)C)cc2)C2(C)CN(C)C2)c1. The number of likely N-dealkylation sites (tertiary alicyclic amines) is 1. The van der Waals surface area contributed by atoms with Crippen LogP contribution in [-0.2, 0) is 23.2 Å². The van der Waals surface area contributed by atoms with Crippen molar-refractivity contribution in [2.24, 2.45) is 5.41 Å². The Kier molecular flexibility index (Phi) is 7.11. The van der Waals surface area contributed by atoms with Crippen molar-refractivity contribution in [3.05, 3.63) is 100 Å². The third kappa shape index (κ3) is 4.75. The summed E-state index contributed by atoms with van der Waals surface area (Å²) in [5.74, 6) is 0.106. The molecule has 1 atom stereocenters. The van der Waals surface area contributed by atoms with Gasteiger partial charge in [-0.3, -0.25) is 4.98 Å². The molecule has 1 N–H and O–H groups in total. The first-order valence-electron chi connectivity index (χ1n) is 12.3. The average molecular weight is 473 g/mol. The molecule has 1 aliphatic rings. The van der Waals surface area contributed by atoms with E-state index in [1.54, 1.807) is 12.3 Å². The highest BCUT2D eigenvalue weighted by Gasteiger charge is 2.55. The van der Waals surface area contributed by atoms with E-state index < -0.39 is 5.60 Å². The number of esters is 1. The number of aliphatic hydroxyl groups is 1. The van der Waals surface area contributed by atoms with Gasteiger partial charge in [0.1, 0.15) is 5.60 Å². The highest BCUT2D eigenvalue weighted by molar-refractivity contribution is 5.91. The predicted octanol–water partition coefficient (Wildman–Crippen LogP) is 4.96. The van der Waals surface area contributed by atoms with Gasteiger partial charge in [0, 0.05) is 36.5 Å². The van der Waals surface area contributed by atoms with Crippen molar-refractivity contribution in [3.63, 3.8) is 0 Å². The van der Waals surface area contributed by atoms with E-state index in [1.807, 2.05) is 24.4 Å². The van der Waals surface area contributed by atoms with Gasteiger partial charge in [-0.15, -0.1) is 0 Å². The van der Waals surface area contributed by atoms with Crippen LogP contribution >= 0.6 is 0 Å². The number of hydrogen-bond acceptors (Lipinski definition) is 5. The van der Waals surface area contributed by atoms with Crippen LogP contribution in [0.2, 0.25) is 0 Å². The van der Waals surface area contributed by atoms with Gasteiger partial charge in [-0.2, -0.15) is 0 Å². The van der Waals surface area contributed by atoms with Gasteiger partial charge in [0.05, 0.1) is 12.7 Å². The predicted molar refractivity (Wildman–Crippen MR) is 139 cm³/mol. The second-order valence-electron chi connectivity index (χ2n) is 10.5. The molecule has 5 nitrogen and oxygen atoms in total. The Labute approximate surface area is 208 Å². The topological polar surface area (TPSA) is 62.7 Å². The van der Waals surface area contributed by atoms with Gasteiger partial charge in [-0.1, -0.05) is 63.2 Å². The average Bonchev–Trinajstić information content (AvgIpc) is 2.86. The van der Waals surface area contributed by atoms with E-state index >= 15 is 0 Å². The van der Waals surface area contributed by atoms with Gasteiger partial charge in [0.2, 0.25) is 0 Å². The van der Waals surface area contributed by atoms with E-state index in [1.165, 1.54) is 12.7 Å². The van der Waals surface area contributed by atoms with Crippen molar-refractivity contribution in [1.82, 2.24) is 9.88 Å². The number of benzene rings is 2. The number of aryl methyl sites for hydroxylation is 2. The van der Waals surface area contributed by atoms with Gasteiger partial charge in [0.25, 0.3) is 0 Å². The van der Waals surface area contributed by atoms with Crippen LogP contribution in [0.3, 0.4) is 0 Å². The molecular formula is C30H36N2O3. The molecule has 35 heavy (non-hydrogen) atoms. The highest BCUT2D eigenvalue weighted by Crippen LogP contribution is 2.50. The summed E-state index contributed by atoms with van der Waals surface area (Å²) in [5.41, 5.74) is 4.01. The molecule has 0 aliphatic carbocycles. The molecule has 4 rings (SSSR count). The number of pyridine rings is 1. The molecule has 0 bridgehead atoms. The van der Waals surface area contributed by atoms with Crippen molar-refractivity contribution in [2.45, 2.75) is 45.1 Å². The van der Waals surface area contributed by atoms with Gasteiger partial charge in [-0.05, 0) is 60.2 Å². The molecule has 184 valence electrons. The second kappa shape index (κ2) is 9.92. The number of ether oxygens (including phenoxy) is 1. The lowest BCUT2D eigenvalue weighted by atomic mass is 9.62. The largest absolute Gasteiger partial charge is 0.465 e. The summed E-state index contributed by atoms with van der Waals surface area (Å²) in [7, 11) is 3.48. The van der Waals surface area contributed by atoms with E-state index in [4.69, 9.17) is 4.74 Å². The summed E-state index contributed by atoms with van der Waals surface area (Å²) in [6, 6.07) is 18.0. The van der Waals surface area contributed by atoms with E-state index in [9.17, 15) is 9.90 Å². The lowest BCUT2D eigenvalue weighted by Crippen LogP contribution is -2.63. The maximum atomic E-state index is 12.4. The molecule has 1 aliphatic heterocycles. The zero-order valence-corrected chi connectivity index (χ0v) is 21.4. The van der Waals surface area contributed by atoms with Gasteiger partial charge in [-0.25, -0.2) is 4.79 Å². The zero-order valence-electron chi connectivity index (χ0n) is 21.4. The smallest absolute Gasteiger partial charge is 0.338 e. The Hall–Kier alpha value is -3.02. The zero-order chi connectivity index (χ0) is 25.2. The van der Waals surface area contributed by atoms with Crippen LogP contribution in [-0.4, -0.2) is 48.2 Å². The first kappa shape index (κ1) is 25.1. The molecule has 1 unspecified atom stereocenters. The maximum Gasteiger partial charge on any atom is 0.338 e. The van der Waals surface area contributed by atoms with Gasteiger partial charge < -0.3 is 14.7 Å². The summed E-state index contributed by atoms with van der Waals surface area (Å²) >= 11 is 0. The molecule has 1 aromatic heterocycles. The number of carbonyl (C=O) groups is 1.